The van der Waals surface area contributed by atoms with E-state index in [1.165, 1.54) is 5.56 Å². The van der Waals surface area contributed by atoms with E-state index in [1.54, 1.807) is 18.0 Å². The van der Waals surface area contributed by atoms with E-state index in [9.17, 15) is 4.79 Å². The van der Waals surface area contributed by atoms with Crippen molar-refractivity contribution in [2.75, 3.05) is 11.9 Å². The molecule has 0 saturated carbocycles. The van der Waals surface area contributed by atoms with Crippen molar-refractivity contribution in [1.82, 2.24) is 4.98 Å². The number of para-hydroxylation sites is 1. The fraction of sp³-hybridized carbons (Fsp3) is 0.217. The number of ether oxygens (including phenoxy) is 1. The van der Waals surface area contributed by atoms with Gasteiger partial charge in [-0.05, 0) is 60.9 Å². The summed E-state index contributed by atoms with van der Waals surface area (Å²) in [5, 5.41) is 2.97. The highest BCUT2D eigenvalue weighted by Crippen LogP contribution is 2.24. The largest absolute Gasteiger partial charge is 0.494 e. The Labute approximate surface area is 170 Å². The second kappa shape index (κ2) is 10.5. The molecule has 0 fully saturated rings. The highest BCUT2D eigenvalue weighted by atomic mass is 32.2. The van der Waals surface area contributed by atoms with Crippen LogP contribution < -0.4 is 10.1 Å². The first kappa shape index (κ1) is 20.0. The van der Waals surface area contributed by atoms with Crippen LogP contribution in [0.2, 0.25) is 0 Å². The third kappa shape index (κ3) is 6.13. The lowest BCUT2D eigenvalue weighted by molar-refractivity contribution is -0.116. The van der Waals surface area contributed by atoms with Crippen LogP contribution in [0.15, 0.2) is 78.0 Å². The minimum atomic E-state index is 0.00191. The van der Waals surface area contributed by atoms with Gasteiger partial charge in [0.05, 0.1) is 6.61 Å². The summed E-state index contributed by atoms with van der Waals surface area (Å²) in [4.78, 5) is 17.6. The molecule has 1 heterocycles. The number of hydrogen-bond donors (Lipinski definition) is 1. The van der Waals surface area contributed by atoms with Crippen molar-refractivity contribution in [1.29, 1.82) is 0 Å². The van der Waals surface area contributed by atoms with Crippen molar-refractivity contribution in [3.05, 3.63) is 84.2 Å². The number of carbonyl (C=O) groups is 1. The van der Waals surface area contributed by atoms with Crippen LogP contribution in [0.5, 0.6) is 5.75 Å². The van der Waals surface area contributed by atoms with E-state index >= 15 is 0 Å². The number of rotatable bonds is 9. The fourth-order valence-electron chi connectivity index (χ4n) is 2.76. The van der Waals surface area contributed by atoms with Gasteiger partial charge in [0.1, 0.15) is 5.75 Å². The Kier molecular flexibility index (Phi) is 7.50. The second-order valence-electron chi connectivity index (χ2n) is 6.26. The number of pyridine rings is 1. The van der Waals surface area contributed by atoms with Crippen molar-refractivity contribution in [2.24, 2.45) is 0 Å². The summed E-state index contributed by atoms with van der Waals surface area (Å²) < 4.78 is 5.62. The number of benzene rings is 2. The number of aryl methyl sites for hydroxylation is 1. The lowest BCUT2D eigenvalue weighted by atomic mass is 10.1. The molecule has 28 heavy (non-hydrogen) atoms. The molecule has 0 atom stereocenters. The van der Waals surface area contributed by atoms with Gasteiger partial charge in [-0.2, -0.15) is 0 Å². The minimum absolute atomic E-state index is 0.00191. The molecule has 2 aromatic carbocycles. The zero-order valence-electron chi connectivity index (χ0n) is 15.9. The second-order valence-corrected chi connectivity index (χ2v) is 7.31. The summed E-state index contributed by atoms with van der Waals surface area (Å²) in [5.41, 5.74) is 3.06. The molecule has 0 aliphatic heterocycles. The van der Waals surface area contributed by atoms with Crippen molar-refractivity contribution >= 4 is 23.4 Å². The molecule has 4 nitrogen and oxygen atoms in total. The van der Waals surface area contributed by atoms with Gasteiger partial charge in [-0.15, -0.1) is 11.8 Å². The molecule has 1 aromatic heterocycles. The zero-order chi connectivity index (χ0) is 19.6. The number of thioether (sulfide) groups is 1. The van der Waals surface area contributed by atoms with Gasteiger partial charge in [0.25, 0.3) is 0 Å². The van der Waals surface area contributed by atoms with Crippen molar-refractivity contribution in [2.45, 2.75) is 30.4 Å². The first-order valence-electron chi connectivity index (χ1n) is 9.37. The summed E-state index contributed by atoms with van der Waals surface area (Å²) in [6.45, 7) is 2.58. The van der Waals surface area contributed by atoms with Crippen LogP contribution in [0.1, 0.15) is 24.5 Å². The Bertz CT molecular complexity index is 883. The maximum atomic E-state index is 12.3. The summed E-state index contributed by atoms with van der Waals surface area (Å²) in [7, 11) is 0. The van der Waals surface area contributed by atoms with E-state index in [-0.39, 0.29) is 5.91 Å². The molecule has 3 aromatic rings. The molecule has 1 amide bonds. The van der Waals surface area contributed by atoms with Crippen LogP contribution in [0.4, 0.5) is 5.69 Å². The molecule has 0 unspecified atom stereocenters. The van der Waals surface area contributed by atoms with Crippen molar-refractivity contribution in [3.63, 3.8) is 0 Å². The molecular formula is C23H24N2O2S. The highest BCUT2D eigenvalue weighted by Gasteiger charge is 2.07. The van der Waals surface area contributed by atoms with Gasteiger partial charge >= 0.3 is 0 Å². The number of nitrogens with one attached hydrogen (secondary N) is 1. The van der Waals surface area contributed by atoms with Crippen LogP contribution in [0.25, 0.3) is 0 Å². The number of nitrogens with zero attached hydrogens (tertiary/aromatic N) is 1. The van der Waals surface area contributed by atoms with Crippen LogP contribution in [0.3, 0.4) is 0 Å². The summed E-state index contributed by atoms with van der Waals surface area (Å²) in [5.74, 6) is 1.73. The molecule has 1 N–H and O–H groups in total. The molecule has 0 spiro atoms. The molecule has 0 saturated heterocycles. The Morgan fingerprint density at radius 3 is 2.64 bits per heavy atom. The molecule has 0 aliphatic carbocycles. The summed E-state index contributed by atoms with van der Waals surface area (Å²) >= 11 is 1.75. The van der Waals surface area contributed by atoms with E-state index < -0.39 is 0 Å². The summed E-state index contributed by atoms with van der Waals surface area (Å²) in [6, 6.07) is 19.8. The Balaban J connectivity index is 1.48. The smallest absolute Gasteiger partial charge is 0.224 e. The number of amides is 1. The number of anilines is 1. The molecular weight excluding hydrogens is 368 g/mol. The molecule has 0 bridgehead atoms. The van der Waals surface area contributed by atoms with Gasteiger partial charge in [-0.25, -0.2) is 0 Å². The third-order valence-corrected chi connectivity index (χ3v) is 5.24. The maximum Gasteiger partial charge on any atom is 0.224 e. The maximum absolute atomic E-state index is 12.3. The molecule has 0 aliphatic rings. The molecule has 5 heteroatoms. The predicted octanol–water partition coefficient (Wildman–Crippen LogP) is 5.34. The van der Waals surface area contributed by atoms with Crippen LogP contribution in [0, 0.1) is 0 Å². The number of carbonyl (C=O) groups excluding carboxylic acids is 1. The van der Waals surface area contributed by atoms with E-state index in [0.717, 1.165) is 27.6 Å². The SMILES string of the molecule is CCOc1ccccc1CCC(=O)Nc1ccc(SCc2cccnc2)cc1. The topological polar surface area (TPSA) is 51.2 Å². The van der Waals surface area contributed by atoms with Gasteiger partial charge < -0.3 is 10.1 Å². The summed E-state index contributed by atoms with van der Waals surface area (Å²) in [6.07, 6.45) is 4.73. The zero-order valence-corrected chi connectivity index (χ0v) is 16.7. The average Bonchev–Trinajstić information content (AvgIpc) is 2.74. The standard InChI is InChI=1S/C23H24N2O2S/c1-2-27-22-8-4-3-7-19(22)9-14-23(26)25-20-10-12-21(13-11-20)28-17-18-6-5-15-24-16-18/h3-8,10-13,15-16H,2,9,14,17H2,1H3,(H,25,26). The van der Waals surface area contributed by atoms with Gasteiger partial charge in [-0.1, -0.05) is 24.3 Å². The number of aromatic nitrogens is 1. The van der Waals surface area contributed by atoms with Crippen molar-refractivity contribution < 1.29 is 9.53 Å². The van der Waals surface area contributed by atoms with Crippen molar-refractivity contribution in [3.8, 4) is 5.75 Å². The highest BCUT2D eigenvalue weighted by molar-refractivity contribution is 7.98. The van der Waals surface area contributed by atoms with Gasteiger partial charge in [0, 0.05) is 35.2 Å². The third-order valence-electron chi connectivity index (χ3n) is 4.16. The van der Waals surface area contributed by atoms with E-state index in [0.29, 0.717) is 19.4 Å². The Morgan fingerprint density at radius 2 is 1.89 bits per heavy atom. The molecule has 0 radical (unpaired) electrons. The predicted molar refractivity (Wildman–Crippen MR) is 115 cm³/mol. The van der Waals surface area contributed by atoms with E-state index in [2.05, 4.69) is 16.4 Å². The lowest BCUT2D eigenvalue weighted by Crippen LogP contribution is -2.12. The normalized spacial score (nSPS) is 10.5. The van der Waals surface area contributed by atoms with Crippen LogP contribution >= 0.6 is 11.8 Å². The quantitative estimate of drug-likeness (QED) is 0.499. The molecule has 3 rings (SSSR count). The molecule has 144 valence electrons. The lowest BCUT2D eigenvalue weighted by Gasteiger charge is -2.10. The van der Waals surface area contributed by atoms with Crippen LogP contribution in [-0.4, -0.2) is 17.5 Å². The first-order valence-corrected chi connectivity index (χ1v) is 10.4. The monoisotopic (exact) mass is 392 g/mol. The number of hydrogen-bond acceptors (Lipinski definition) is 4. The Hall–Kier alpha value is -2.79. The van der Waals surface area contributed by atoms with Gasteiger partial charge in [0.15, 0.2) is 0 Å². The first-order chi connectivity index (χ1) is 13.7. The Morgan fingerprint density at radius 1 is 1.07 bits per heavy atom. The van der Waals surface area contributed by atoms with Gasteiger partial charge in [0.2, 0.25) is 5.91 Å². The van der Waals surface area contributed by atoms with Crippen LogP contribution in [-0.2, 0) is 17.0 Å². The fourth-order valence-corrected chi connectivity index (χ4v) is 3.60. The minimum Gasteiger partial charge on any atom is -0.494 e. The average molecular weight is 393 g/mol. The van der Waals surface area contributed by atoms with Gasteiger partial charge in [-0.3, -0.25) is 9.78 Å². The van der Waals surface area contributed by atoms with E-state index in [4.69, 9.17) is 4.74 Å². The van der Waals surface area contributed by atoms with E-state index in [1.807, 2.05) is 67.7 Å².